The Hall–Kier alpha value is -1.78. The molecule has 0 aromatic heterocycles. The standard InChI is InChI=1S/C46H88NO10P/c1-3-5-7-9-11-13-15-17-18-19-20-21-22-23-24-26-27-29-31-33-35-37-44(48)54-39-42(40-55-58(52,53)56-41-43(47)46(50)51)57-45(49)38-36-34-32-30-28-25-16-14-12-10-8-6-4-2/h17-18,42-43H,3-16,19-41,47H2,1-2H3,(H,50,51)(H,52,53)/b18-17+/t42-,43-/m0/s1. The number of rotatable bonds is 45. The third-order valence-electron chi connectivity index (χ3n) is 10.5. The molecule has 0 radical (unpaired) electrons. The highest BCUT2D eigenvalue weighted by molar-refractivity contribution is 7.47. The predicted molar refractivity (Wildman–Crippen MR) is 236 cm³/mol. The summed E-state index contributed by atoms with van der Waals surface area (Å²) in [5.41, 5.74) is 5.34. The molecule has 0 saturated carbocycles. The summed E-state index contributed by atoms with van der Waals surface area (Å²) in [6.07, 6.45) is 42.7. The fraction of sp³-hybridized carbons (Fsp3) is 0.891. The van der Waals surface area contributed by atoms with Gasteiger partial charge in [0.2, 0.25) is 0 Å². The lowest BCUT2D eigenvalue weighted by Crippen LogP contribution is -2.34. The lowest BCUT2D eigenvalue weighted by molar-refractivity contribution is -0.161. The predicted octanol–water partition coefficient (Wildman–Crippen LogP) is 12.8. The fourth-order valence-electron chi connectivity index (χ4n) is 6.77. The normalized spacial score (nSPS) is 13.7. The highest BCUT2D eigenvalue weighted by atomic mass is 31.2. The van der Waals surface area contributed by atoms with Crippen LogP contribution in [0.3, 0.4) is 0 Å². The van der Waals surface area contributed by atoms with Gasteiger partial charge in [-0.15, -0.1) is 0 Å². The Morgan fingerprint density at radius 2 is 0.862 bits per heavy atom. The maximum atomic E-state index is 12.6. The molecule has 0 aliphatic heterocycles. The number of hydrogen-bond donors (Lipinski definition) is 3. The van der Waals surface area contributed by atoms with Crippen LogP contribution < -0.4 is 5.73 Å². The lowest BCUT2D eigenvalue weighted by Gasteiger charge is -2.20. The number of phosphoric ester groups is 1. The van der Waals surface area contributed by atoms with Crippen LogP contribution >= 0.6 is 7.82 Å². The van der Waals surface area contributed by atoms with Crippen molar-refractivity contribution < 1.29 is 47.5 Å². The second kappa shape index (κ2) is 41.9. The molecule has 12 heteroatoms. The van der Waals surface area contributed by atoms with Crippen molar-refractivity contribution in [3.05, 3.63) is 12.2 Å². The molecule has 0 aromatic rings. The molecule has 0 aliphatic rings. The first-order valence-electron chi connectivity index (χ1n) is 23.7. The minimum atomic E-state index is -4.71. The summed E-state index contributed by atoms with van der Waals surface area (Å²) in [4.78, 5) is 46.0. The summed E-state index contributed by atoms with van der Waals surface area (Å²) in [7, 11) is -4.71. The molecule has 11 nitrogen and oxygen atoms in total. The minimum Gasteiger partial charge on any atom is -0.480 e. The van der Waals surface area contributed by atoms with E-state index in [0.717, 1.165) is 38.5 Å². The second-order valence-corrected chi connectivity index (χ2v) is 17.7. The highest BCUT2D eigenvalue weighted by Gasteiger charge is 2.28. The molecular weight excluding hydrogens is 757 g/mol. The number of unbranched alkanes of at least 4 members (excludes halogenated alkanes) is 29. The van der Waals surface area contributed by atoms with E-state index in [0.29, 0.717) is 12.8 Å². The van der Waals surface area contributed by atoms with E-state index in [2.05, 4.69) is 30.5 Å². The molecule has 0 spiro atoms. The van der Waals surface area contributed by atoms with Crippen LogP contribution in [-0.2, 0) is 37.5 Å². The number of nitrogens with two attached hydrogens (primary N) is 1. The molecular formula is C46H88NO10P. The van der Waals surface area contributed by atoms with Crippen LogP contribution in [-0.4, -0.2) is 59.9 Å². The molecule has 0 heterocycles. The molecule has 0 aliphatic carbocycles. The quantitative estimate of drug-likeness (QED) is 0.0230. The average Bonchev–Trinajstić information content (AvgIpc) is 3.20. The molecule has 0 amide bonds. The number of esters is 2. The van der Waals surface area contributed by atoms with E-state index in [9.17, 15) is 23.8 Å². The van der Waals surface area contributed by atoms with Gasteiger partial charge < -0.3 is 25.2 Å². The summed E-state index contributed by atoms with van der Waals surface area (Å²) in [6, 6.07) is -1.52. The summed E-state index contributed by atoms with van der Waals surface area (Å²) < 4.78 is 32.7. The van der Waals surface area contributed by atoms with Crippen LogP contribution in [0.2, 0.25) is 0 Å². The zero-order chi connectivity index (χ0) is 42.8. The Bertz CT molecular complexity index is 1040. The van der Waals surface area contributed by atoms with Gasteiger partial charge in [0.1, 0.15) is 12.6 Å². The van der Waals surface area contributed by atoms with Crippen molar-refractivity contribution in [2.75, 3.05) is 19.8 Å². The zero-order valence-electron chi connectivity index (χ0n) is 37.2. The molecule has 0 saturated heterocycles. The summed E-state index contributed by atoms with van der Waals surface area (Å²) in [5.74, 6) is -2.36. The number of hydrogen-bond acceptors (Lipinski definition) is 9. The van der Waals surface area contributed by atoms with Gasteiger partial charge in [0.15, 0.2) is 6.10 Å². The molecule has 3 atom stereocenters. The summed E-state index contributed by atoms with van der Waals surface area (Å²) in [6.45, 7) is 2.83. The SMILES string of the molecule is CCCCCCCC/C=C/CCCCCCCCCCCCCC(=O)OC[C@@H](COP(=O)(O)OC[C@H](N)C(=O)O)OC(=O)CCCCCCCCCCCCCCC. The molecule has 1 unspecified atom stereocenters. The van der Waals surface area contributed by atoms with Crippen molar-refractivity contribution in [1.29, 1.82) is 0 Å². The number of allylic oxidation sites excluding steroid dienone is 2. The van der Waals surface area contributed by atoms with Gasteiger partial charge in [-0.05, 0) is 38.5 Å². The van der Waals surface area contributed by atoms with Crippen LogP contribution in [0.4, 0.5) is 0 Å². The van der Waals surface area contributed by atoms with Crippen LogP contribution in [0, 0.1) is 0 Å². The first kappa shape index (κ1) is 56.2. The van der Waals surface area contributed by atoms with E-state index in [4.69, 9.17) is 24.8 Å². The van der Waals surface area contributed by atoms with Crippen molar-refractivity contribution in [3.8, 4) is 0 Å². The Kier molecular flexibility index (Phi) is 40.6. The summed E-state index contributed by atoms with van der Waals surface area (Å²) >= 11 is 0. The van der Waals surface area contributed by atoms with Crippen LogP contribution in [0.5, 0.6) is 0 Å². The number of ether oxygens (including phenoxy) is 2. The average molecular weight is 846 g/mol. The number of carboxylic acids is 1. The zero-order valence-corrected chi connectivity index (χ0v) is 38.1. The monoisotopic (exact) mass is 846 g/mol. The number of aliphatic carboxylic acids is 1. The summed E-state index contributed by atoms with van der Waals surface area (Å²) in [5, 5.41) is 8.90. The Morgan fingerprint density at radius 1 is 0.517 bits per heavy atom. The van der Waals surface area contributed by atoms with E-state index in [-0.39, 0.29) is 19.4 Å². The van der Waals surface area contributed by atoms with Gasteiger partial charge in [-0.3, -0.25) is 23.4 Å². The first-order valence-corrected chi connectivity index (χ1v) is 25.2. The van der Waals surface area contributed by atoms with E-state index in [1.54, 1.807) is 0 Å². The Balaban J connectivity index is 4.22. The first-order chi connectivity index (χ1) is 28.1. The van der Waals surface area contributed by atoms with Crippen molar-refractivity contribution in [1.82, 2.24) is 0 Å². The van der Waals surface area contributed by atoms with Gasteiger partial charge in [-0.1, -0.05) is 193 Å². The molecule has 0 rings (SSSR count). The van der Waals surface area contributed by atoms with E-state index in [1.807, 2.05) is 0 Å². The van der Waals surface area contributed by atoms with Crippen LogP contribution in [0.25, 0.3) is 0 Å². The van der Waals surface area contributed by atoms with Gasteiger partial charge in [-0.2, -0.15) is 0 Å². The molecule has 0 fully saturated rings. The van der Waals surface area contributed by atoms with Gasteiger partial charge in [0, 0.05) is 12.8 Å². The smallest absolute Gasteiger partial charge is 0.472 e. The van der Waals surface area contributed by atoms with Crippen molar-refractivity contribution >= 4 is 25.7 Å². The topological polar surface area (TPSA) is 172 Å². The molecule has 58 heavy (non-hydrogen) atoms. The van der Waals surface area contributed by atoms with E-state index >= 15 is 0 Å². The maximum Gasteiger partial charge on any atom is 0.472 e. The van der Waals surface area contributed by atoms with Crippen LogP contribution in [0.15, 0.2) is 12.2 Å². The van der Waals surface area contributed by atoms with Gasteiger partial charge in [0.25, 0.3) is 0 Å². The molecule has 0 aromatic carbocycles. The highest BCUT2D eigenvalue weighted by Crippen LogP contribution is 2.43. The van der Waals surface area contributed by atoms with Crippen molar-refractivity contribution in [3.63, 3.8) is 0 Å². The fourth-order valence-corrected chi connectivity index (χ4v) is 7.55. The van der Waals surface area contributed by atoms with Crippen molar-refractivity contribution in [2.45, 2.75) is 244 Å². The lowest BCUT2D eigenvalue weighted by atomic mass is 10.0. The van der Waals surface area contributed by atoms with Crippen LogP contribution in [0.1, 0.15) is 232 Å². The van der Waals surface area contributed by atoms with E-state index < -0.39 is 51.1 Å². The Labute approximate surface area is 354 Å². The maximum absolute atomic E-state index is 12.6. The molecule has 342 valence electrons. The van der Waals surface area contributed by atoms with Crippen molar-refractivity contribution in [2.24, 2.45) is 5.73 Å². The minimum absolute atomic E-state index is 0.167. The van der Waals surface area contributed by atoms with Gasteiger partial charge in [-0.25, -0.2) is 4.57 Å². The van der Waals surface area contributed by atoms with E-state index in [1.165, 1.54) is 154 Å². The second-order valence-electron chi connectivity index (χ2n) is 16.2. The Morgan fingerprint density at radius 3 is 1.26 bits per heavy atom. The number of phosphoric acid groups is 1. The number of carboxylic acid groups (broad SMARTS) is 1. The number of carbonyl (C=O) groups excluding carboxylic acids is 2. The van der Waals surface area contributed by atoms with Gasteiger partial charge >= 0.3 is 25.7 Å². The third-order valence-corrected chi connectivity index (χ3v) is 11.5. The molecule has 0 bridgehead atoms. The third kappa shape index (κ3) is 41.0. The van der Waals surface area contributed by atoms with Gasteiger partial charge in [0.05, 0.1) is 13.2 Å². The number of carbonyl (C=O) groups is 3. The molecule has 4 N–H and O–H groups in total. The largest absolute Gasteiger partial charge is 0.480 e.